The summed E-state index contributed by atoms with van der Waals surface area (Å²) in [6.45, 7) is 4.28. The van der Waals surface area contributed by atoms with Crippen molar-refractivity contribution in [1.29, 1.82) is 0 Å². The molecule has 1 aliphatic rings. The first-order chi connectivity index (χ1) is 8.58. The van der Waals surface area contributed by atoms with Gasteiger partial charge in [-0.3, -0.25) is 4.79 Å². The van der Waals surface area contributed by atoms with E-state index in [0.717, 1.165) is 25.0 Å². The normalized spacial score (nSPS) is 23.1. The maximum absolute atomic E-state index is 12.1. The molecule has 0 bridgehead atoms. The molecule has 0 radical (unpaired) electrons. The van der Waals surface area contributed by atoms with Crippen molar-refractivity contribution in [2.45, 2.75) is 39.2 Å². The third-order valence-corrected chi connectivity index (χ3v) is 3.59. The summed E-state index contributed by atoms with van der Waals surface area (Å²) in [6.07, 6.45) is 3.33. The second-order valence-electron chi connectivity index (χ2n) is 5.05. The number of nitrogens with zero attached hydrogens (tertiary/aromatic N) is 2. The van der Waals surface area contributed by atoms with Gasteiger partial charge in [-0.2, -0.15) is 10.2 Å². The first kappa shape index (κ1) is 13.0. The van der Waals surface area contributed by atoms with Crippen LogP contribution in [0.25, 0.3) is 0 Å². The number of nitrogens with one attached hydrogen (secondary N) is 1. The molecule has 98 valence electrons. The maximum Gasteiger partial charge on any atom is 0.253 e. The molecule has 1 fully saturated rings. The second-order valence-corrected chi connectivity index (χ2v) is 5.05. The van der Waals surface area contributed by atoms with E-state index in [1.807, 2.05) is 6.92 Å². The zero-order valence-corrected chi connectivity index (χ0v) is 10.9. The standard InChI is InChI=1S/C13H20N4O/c1-8-6-11(9(2)17-16-8)13(18)15-7-10-4-3-5-12(10)14/h6,10,12H,3-5,7,14H2,1-2H3,(H,15,18). The summed E-state index contributed by atoms with van der Waals surface area (Å²) >= 11 is 0. The predicted octanol–water partition coefficient (Wildman–Crippen LogP) is 0.951. The molecule has 0 aromatic carbocycles. The monoisotopic (exact) mass is 248 g/mol. The van der Waals surface area contributed by atoms with Crippen LogP contribution in [0.4, 0.5) is 0 Å². The molecule has 1 amide bonds. The minimum atomic E-state index is -0.0791. The number of hydrogen-bond donors (Lipinski definition) is 2. The molecule has 2 atom stereocenters. The van der Waals surface area contributed by atoms with Gasteiger partial charge < -0.3 is 11.1 Å². The predicted molar refractivity (Wildman–Crippen MR) is 69.2 cm³/mol. The minimum absolute atomic E-state index is 0.0791. The molecule has 0 spiro atoms. The molecule has 0 aliphatic heterocycles. The number of carbonyl (C=O) groups is 1. The van der Waals surface area contributed by atoms with Crippen molar-refractivity contribution >= 4 is 5.91 Å². The van der Waals surface area contributed by atoms with Crippen molar-refractivity contribution in [2.75, 3.05) is 6.54 Å². The van der Waals surface area contributed by atoms with E-state index in [-0.39, 0.29) is 11.9 Å². The van der Waals surface area contributed by atoms with Crippen LogP contribution < -0.4 is 11.1 Å². The number of aryl methyl sites for hydroxylation is 2. The van der Waals surface area contributed by atoms with Crippen LogP contribution in [0.1, 0.15) is 41.0 Å². The Bertz CT molecular complexity index is 447. The fourth-order valence-electron chi connectivity index (χ4n) is 2.42. The van der Waals surface area contributed by atoms with Crippen molar-refractivity contribution in [3.63, 3.8) is 0 Å². The molecule has 3 N–H and O–H groups in total. The molecule has 5 heteroatoms. The molecule has 1 aromatic rings. The van der Waals surface area contributed by atoms with E-state index in [2.05, 4.69) is 15.5 Å². The van der Waals surface area contributed by atoms with E-state index in [1.54, 1.807) is 13.0 Å². The Morgan fingerprint density at radius 2 is 2.22 bits per heavy atom. The smallest absolute Gasteiger partial charge is 0.253 e. The van der Waals surface area contributed by atoms with Crippen molar-refractivity contribution in [3.8, 4) is 0 Å². The quantitative estimate of drug-likeness (QED) is 0.834. The molecule has 1 saturated carbocycles. The highest BCUT2D eigenvalue weighted by atomic mass is 16.1. The molecular formula is C13H20N4O. The average molecular weight is 248 g/mol. The average Bonchev–Trinajstić information content (AvgIpc) is 2.75. The largest absolute Gasteiger partial charge is 0.352 e. The van der Waals surface area contributed by atoms with Crippen LogP contribution in [0, 0.1) is 19.8 Å². The van der Waals surface area contributed by atoms with E-state index in [1.165, 1.54) is 0 Å². The third-order valence-electron chi connectivity index (χ3n) is 3.59. The number of nitrogens with two attached hydrogens (primary N) is 1. The van der Waals surface area contributed by atoms with Crippen molar-refractivity contribution in [3.05, 3.63) is 23.0 Å². The number of hydrogen-bond acceptors (Lipinski definition) is 4. The lowest BCUT2D eigenvalue weighted by molar-refractivity contribution is 0.0945. The SMILES string of the molecule is Cc1cc(C(=O)NCC2CCCC2N)c(C)nn1. The van der Waals surface area contributed by atoms with Gasteiger partial charge in [0.05, 0.1) is 17.0 Å². The Balaban J connectivity index is 1.97. The van der Waals surface area contributed by atoms with E-state index in [9.17, 15) is 4.79 Å². The van der Waals surface area contributed by atoms with Gasteiger partial charge in [0.25, 0.3) is 5.91 Å². The van der Waals surface area contributed by atoms with Crippen LogP contribution in [0.5, 0.6) is 0 Å². The summed E-state index contributed by atoms with van der Waals surface area (Å²) in [5.74, 6) is 0.328. The molecule has 5 nitrogen and oxygen atoms in total. The van der Waals surface area contributed by atoms with Gasteiger partial charge in [0.1, 0.15) is 0 Å². The Kier molecular flexibility index (Phi) is 3.91. The van der Waals surface area contributed by atoms with Gasteiger partial charge >= 0.3 is 0 Å². The molecule has 1 heterocycles. The van der Waals surface area contributed by atoms with Gasteiger partial charge in [-0.05, 0) is 38.7 Å². The van der Waals surface area contributed by atoms with E-state index in [4.69, 9.17) is 5.73 Å². The van der Waals surface area contributed by atoms with Crippen LogP contribution in [-0.4, -0.2) is 28.7 Å². The summed E-state index contributed by atoms with van der Waals surface area (Å²) in [6, 6.07) is 2.00. The fourth-order valence-corrected chi connectivity index (χ4v) is 2.42. The lowest BCUT2D eigenvalue weighted by atomic mass is 10.0. The summed E-state index contributed by atoms with van der Waals surface area (Å²) in [7, 11) is 0. The van der Waals surface area contributed by atoms with Crippen molar-refractivity contribution < 1.29 is 4.79 Å². The van der Waals surface area contributed by atoms with Gasteiger partial charge in [0, 0.05) is 12.6 Å². The van der Waals surface area contributed by atoms with Gasteiger partial charge in [-0.15, -0.1) is 0 Å². The van der Waals surface area contributed by atoms with Crippen LogP contribution in [0.2, 0.25) is 0 Å². The van der Waals surface area contributed by atoms with Gasteiger partial charge in [0.2, 0.25) is 0 Å². The minimum Gasteiger partial charge on any atom is -0.352 e. The maximum atomic E-state index is 12.1. The van der Waals surface area contributed by atoms with Gasteiger partial charge in [-0.25, -0.2) is 0 Å². The topological polar surface area (TPSA) is 80.9 Å². The highest BCUT2D eigenvalue weighted by molar-refractivity contribution is 5.95. The summed E-state index contributed by atoms with van der Waals surface area (Å²) in [5.41, 5.74) is 8.00. The van der Waals surface area contributed by atoms with Crippen molar-refractivity contribution in [1.82, 2.24) is 15.5 Å². The Hall–Kier alpha value is -1.49. The van der Waals surface area contributed by atoms with E-state index in [0.29, 0.717) is 23.7 Å². The zero-order valence-electron chi connectivity index (χ0n) is 10.9. The van der Waals surface area contributed by atoms with Gasteiger partial charge in [-0.1, -0.05) is 6.42 Å². The third kappa shape index (κ3) is 2.85. The molecular weight excluding hydrogens is 228 g/mol. The molecule has 0 saturated heterocycles. The van der Waals surface area contributed by atoms with Crippen LogP contribution >= 0.6 is 0 Å². The summed E-state index contributed by atoms with van der Waals surface area (Å²) < 4.78 is 0. The zero-order chi connectivity index (χ0) is 13.1. The van der Waals surface area contributed by atoms with Crippen LogP contribution in [-0.2, 0) is 0 Å². The Morgan fingerprint density at radius 3 is 2.89 bits per heavy atom. The first-order valence-electron chi connectivity index (χ1n) is 6.42. The highest BCUT2D eigenvalue weighted by Crippen LogP contribution is 2.23. The second kappa shape index (κ2) is 5.44. The molecule has 18 heavy (non-hydrogen) atoms. The molecule has 1 aliphatic carbocycles. The number of carbonyl (C=O) groups excluding carboxylic acids is 1. The lowest BCUT2D eigenvalue weighted by Crippen LogP contribution is -2.36. The van der Waals surface area contributed by atoms with Crippen LogP contribution in [0.15, 0.2) is 6.07 Å². The first-order valence-corrected chi connectivity index (χ1v) is 6.42. The molecule has 2 rings (SSSR count). The fraction of sp³-hybridized carbons (Fsp3) is 0.615. The lowest BCUT2D eigenvalue weighted by Gasteiger charge is -2.16. The molecule has 2 unspecified atom stereocenters. The number of amides is 1. The van der Waals surface area contributed by atoms with E-state index >= 15 is 0 Å². The summed E-state index contributed by atoms with van der Waals surface area (Å²) in [5, 5.41) is 10.8. The van der Waals surface area contributed by atoms with Gasteiger partial charge in [0.15, 0.2) is 0 Å². The Morgan fingerprint density at radius 1 is 1.44 bits per heavy atom. The molecule has 1 aromatic heterocycles. The number of rotatable bonds is 3. The van der Waals surface area contributed by atoms with Crippen molar-refractivity contribution in [2.24, 2.45) is 11.7 Å². The Labute approximate surface area is 107 Å². The summed E-state index contributed by atoms with van der Waals surface area (Å²) in [4.78, 5) is 12.1. The number of aromatic nitrogens is 2. The van der Waals surface area contributed by atoms with Crippen LogP contribution in [0.3, 0.4) is 0 Å². The highest BCUT2D eigenvalue weighted by Gasteiger charge is 2.24. The van der Waals surface area contributed by atoms with E-state index < -0.39 is 0 Å².